The number of hydrogen-bond donors (Lipinski definition) is 2. The number of nitrogens with one attached hydrogen (secondary N) is 1. The molecular formula is C12H19NO3S2. The van der Waals surface area contributed by atoms with Crippen LogP contribution in [0.3, 0.4) is 0 Å². The molecule has 0 spiro atoms. The predicted octanol–water partition coefficient (Wildman–Crippen LogP) is 1.77. The maximum absolute atomic E-state index is 12.0. The molecule has 2 unspecified atom stereocenters. The lowest BCUT2D eigenvalue weighted by atomic mass is 10.1. The van der Waals surface area contributed by atoms with Gasteiger partial charge in [-0.1, -0.05) is 12.1 Å². The standard InChI is InChI=1S/C12H19NO3S2/c1-9(8-17-3)13-18(15,16)12-6-4-11(5-7-12)10(2)14/h4-7,9-10,13-14H,8H2,1-3H3. The summed E-state index contributed by atoms with van der Waals surface area (Å²) in [6.45, 7) is 3.47. The average Bonchev–Trinajstić information content (AvgIpc) is 2.28. The molecule has 0 saturated carbocycles. The normalized spacial score (nSPS) is 15.3. The molecule has 0 aliphatic rings. The van der Waals surface area contributed by atoms with Gasteiger partial charge >= 0.3 is 0 Å². The highest BCUT2D eigenvalue weighted by molar-refractivity contribution is 7.98. The van der Waals surface area contributed by atoms with E-state index in [1.54, 1.807) is 30.8 Å². The van der Waals surface area contributed by atoms with Gasteiger partial charge in [-0.25, -0.2) is 13.1 Å². The molecule has 2 N–H and O–H groups in total. The van der Waals surface area contributed by atoms with Crippen LogP contribution in [0.25, 0.3) is 0 Å². The molecule has 0 bridgehead atoms. The van der Waals surface area contributed by atoms with Gasteiger partial charge in [-0.15, -0.1) is 0 Å². The summed E-state index contributed by atoms with van der Waals surface area (Å²) in [5.74, 6) is 0.727. The minimum absolute atomic E-state index is 0.110. The van der Waals surface area contributed by atoms with Crippen LogP contribution in [0.15, 0.2) is 29.2 Å². The topological polar surface area (TPSA) is 66.4 Å². The fourth-order valence-electron chi connectivity index (χ4n) is 1.54. The number of thioether (sulfide) groups is 1. The summed E-state index contributed by atoms with van der Waals surface area (Å²) < 4.78 is 26.6. The van der Waals surface area contributed by atoms with E-state index >= 15 is 0 Å². The third-order valence-electron chi connectivity index (χ3n) is 2.45. The number of aliphatic hydroxyl groups excluding tert-OH is 1. The molecule has 2 atom stereocenters. The highest BCUT2D eigenvalue weighted by Crippen LogP contribution is 2.16. The van der Waals surface area contributed by atoms with Gasteiger partial charge in [0, 0.05) is 11.8 Å². The van der Waals surface area contributed by atoms with Gasteiger partial charge in [0.05, 0.1) is 11.0 Å². The molecule has 6 heteroatoms. The van der Waals surface area contributed by atoms with Crippen LogP contribution in [-0.4, -0.2) is 31.6 Å². The molecule has 0 fully saturated rings. The Morgan fingerprint density at radius 1 is 1.28 bits per heavy atom. The first-order valence-corrected chi connectivity index (χ1v) is 8.54. The van der Waals surface area contributed by atoms with Crippen LogP contribution in [0.4, 0.5) is 0 Å². The maximum atomic E-state index is 12.0. The van der Waals surface area contributed by atoms with E-state index in [0.29, 0.717) is 5.56 Å². The molecule has 4 nitrogen and oxygen atoms in total. The van der Waals surface area contributed by atoms with Gasteiger partial charge in [0.25, 0.3) is 0 Å². The predicted molar refractivity (Wildman–Crippen MR) is 75.2 cm³/mol. The lowest BCUT2D eigenvalue weighted by Crippen LogP contribution is -2.34. The third-order valence-corrected chi connectivity index (χ3v) is 4.88. The first-order chi connectivity index (χ1) is 8.36. The van der Waals surface area contributed by atoms with E-state index in [0.717, 1.165) is 5.75 Å². The molecule has 0 saturated heterocycles. The van der Waals surface area contributed by atoms with E-state index in [1.807, 2.05) is 13.2 Å². The zero-order chi connectivity index (χ0) is 13.8. The van der Waals surface area contributed by atoms with E-state index in [9.17, 15) is 13.5 Å². The van der Waals surface area contributed by atoms with Crippen molar-refractivity contribution in [1.82, 2.24) is 4.72 Å². The summed E-state index contributed by atoms with van der Waals surface area (Å²) in [4.78, 5) is 0.222. The van der Waals surface area contributed by atoms with Gasteiger partial charge in [0.15, 0.2) is 0 Å². The van der Waals surface area contributed by atoms with E-state index in [1.165, 1.54) is 12.1 Å². The summed E-state index contributed by atoms with van der Waals surface area (Å²) >= 11 is 1.59. The minimum atomic E-state index is -3.47. The Morgan fingerprint density at radius 3 is 2.28 bits per heavy atom. The van der Waals surface area contributed by atoms with Gasteiger partial charge < -0.3 is 5.11 Å². The van der Waals surface area contributed by atoms with E-state index in [-0.39, 0.29) is 10.9 Å². The fourth-order valence-corrected chi connectivity index (χ4v) is 3.47. The van der Waals surface area contributed by atoms with Crippen molar-refractivity contribution in [1.29, 1.82) is 0 Å². The second-order valence-corrected chi connectivity index (χ2v) is 6.85. The van der Waals surface area contributed by atoms with Crippen molar-refractivity contribution >= 4 is 21.8 Å². The third kappa shape index (κ3) is 4.28. The highest BCUT2D eigenvalue weighted by atomic mass is 32.2. The molecule has 1 aromatic carbocycles. The molecule has 0 aromatic heterocycles. The molecule has 0 heterocycles. The molecule has 0 aliphatic heterocycles. The lowest BCUT2D eigenvalue weighted by molar-refractivity contribution is 0.199. The first-order valence-electron chi connectivity index (χ1n) is 5.66. The lowest BCUT2D eigenvalue weighted by Gasteiger charge is -2.13. The molecule has 0 aliphatic carbocycles. The van der Waals surface area contributed by atoms with Crippen LogP contribution in [0.1, 0.15) is 25.5 Å². The molecule has 1 rings (SSSR count). The summed E-state index contributed by atoms with van der Waals surface area (Å²) in [6, 6.07) is 6.16. The Morgan fingerprint density at radius 2 is 1.83 bits per heavy atom. The van der Waals surface area contributed by atoms with Crippen molar-refractivity contribution in [3.8, 4) is 0 Å². The second kappa shape index (κ2) is 6.56. The monoisotopic (exact) mass is 289 g/mol. The summed E-state index contributed by atoms with van der Waals surface area (Å²) in [5.41, 5.74) is 0.700. The SMILES string of the molecule is CSCC(C)NS(=O)(=O)c1ccc(C(C)O)cc1. The number of aliphatic hydroxyl groups is 1. The van der Waals surface area contributed by atoms with Crippen LogP contribution in [0.2, 0.25) is 0 Å². The highest BCUT2D eigenvalue weighted by Gasteiger charge is 2.17. The summed E-state index contributed by atoms with van der Waals surface area (Å²) in [5, 5.41) is 9.36. The smallest absolute Gasteiger partial charge is 0.240 e. The largest absolute Gasteiger partial charge is 0.389 e. The second-order valence-electron chi connectivity index (χ2n) is 4.22. The van der Waals surface area contributed by atoms with Crippen LogP contribution >= 0.6 is 11.8 Å². The molecule has 0 radical (unpaired) electrons. The molecule has 102 valence electrons. The Bertz CT molecular complexity index is 469. The first kappa shape index (κ1) is 15.5. The van der Waals surface area contributed by atoms with Crippen molar-refractivity contribution in [2.24, 2.45) is 0 Å². The van der Waals surface area contributed by atoms with Crippen molar-refractivity contribution < 1.29 is 13.5 Å². The Balaban J connectivity index is 2.85. The number of sulfonamides is 1. The minimum Gasteiger partial charge on any atom is -0.389 e. The Hall–Kier alpha value is -0.560. The van der Waals surface area contributed by atoms with Crippen LogP contribution in [-0.2, 0) is 10.0 Å². The van der Waals surface area contributed by atoms with Crippen molar-refractivity contribution in [2.45, 2.75) is 30.9 Å². The zero-order valence-corrected chi connectivity index (χ0v) is 12.4. The van der Waals surface area contributed by atoms with Gasteiger partial charge in [0.2, 0.25) is 10.0 Å². The molecule has 1 aromatic rings. The van der Waals surface area contributed by atoms with Crippen LogP contribution in [0.5, 0.6) is 0 Å². The molecule has 0 amide bonds. The van der Waals surface area contributed by atoms with Crippen molar-refractivity contribution in [3.63, 3.8) is 0 Å². The van der Waals surface area contributed by atoms with E-state index in [4.69, 9.17) is 0 Å². The molecule has 18 heavy (non-hydrogen) atoms. The number of hydrogen-bond acceptors (Lipinski definition) is 4. The van der Waals surface area contributed by atoms with Gasteiger partial charge in [-0.05, 0) is 37.8 Å². The number of rotatable bonds is 6. The van der Waals surface area contributed by atoms with E-state index in [2.05, 4.69) is 4.72 Å². The van der Waals surface area contributed by atoms with Crippen LogP contribution in [0, 0.1) is 0 Å². The quantitative estimate of drug-likeness (QED) is 0.837. The van der Waals surface area contributed by atoms with Gasteiger partial charge in [0.1, 0.15) is 0 Å². The Kier molecular flexibility index (Phi) is 5.65. The Labute approximate surface area is 113 Å². The average molecular weight is 289 g/mol. The van der Waals surface area contributed by atoms with Crippen molar-refractivity contribution in [2.75, 3.05) is 12.0 Å². The fraction of sp³-hybridized carbons (Fsp3) is 0.500. The van der Waals surface area contributed by atoms with Gasteiger partial charge in [-0.2, -0.15) is 11.8 Å². The maximum Gasteiger partial charge on any atom is 0.240 e. The number of benzene rings is 1. The van der Waals surface area contributed by atoms with Crippen LogP contribution < -0.4 is 4.72 Å². The zero-order valence-electron chi connectivity index (χ0n) is 10.8. The summed E-state index contributed by atoms with van der Waals surface area (Å²) in [7, 11) is -3.47. The van der Waals surface area contributed by atoms with E-state index < -0.39 is 16.1 Å². The van der Waals surface area contributed by atoms with Crippen molar-refractivity contribution in [3.05, 3.63) is 29.8 Å². The van der Waals surface area contributed by atoms with Gasteiger partial charge in [-0.3, -0.25) is 0 Å². The molecular weight excluding hydrogens is 270 g/mol. The summed E-state index contributed by atoms with van der Waals surface area (Å²) in [6.07, 6.45) is 1.34.